The molecule has 1 unspecified atom stereocenters. The van der Waals surface area contributed by atoms with Crippen LogP contribution in [-0.4, -0.2) is 51.7 Å². The Bertz CT molecular complexity index is 998. The number of hydrogen-bond acceptors (Lipinski definition) is 5. The molecule has 8 heteroatoms. The summed E-state index contributed by atoms with van der Waals surface area (Å²) in [4.78, 5) is 7.50. The van der Waals surface area contributed by atoms with E-state index in [0.29, 0.717) is 19.5 Å². The largest absolute Gasteiger partial charge is 0.346 e. The maximum atomic E-state index is 12.3. The molecule has 0 spiro atoms. The molecule has 0 radical (unpaired) electrons. The van der Waals surface area contributed by atoms with Crippen LogP contribution in [0.1, 0.15) is 31.4 Å². The molecule has 0 aromatic carbocycles. The number of nitrogens with one attached hydrogen (secondary N) is 1. The lowest BCUT2D eigenvalue weighted by Gasteiger charge is -2.16. The van der Waals surface area contributed by atoms with Gasteiger partial charge in [0.15, 0.2) is 0 Å². The summed E-state index contributed by atoms with van der Waals surface area (Å²) >= 11 is 0. The minimum Gasteiger partial charge on any atom is -0.346 e. The van der Waals surface area contributed by atoms with Crippen LogP contribution in [0.25, 0.3) is 21.8 Å². The Morgan fingerprint density at radius 1 is 1.38 bits per heavy atom. The minimum absolute atomic E-state index is 0.0633. The Morgan fingerprint density at radius 3 is 3.08 bits per heavy atom. The molecule has 0 bridgehead atoms. The molecule has 1 N–H and O–H groups in total. The van der Waals surface area contributed by atoms with Gasteiger partial charge in [-0.05, 0) is 18.9 Å². The summed E-state index contributed by atoms with van der Waals surface area (Å²) in [5.74, 6) is 0.265. The maximum absolute atomic E-state index is 12.3. The molecular weight excluding hydrogens is 326 g/mol. The van der Waals surface area contributed by atoms with Gasteiger partial charge in [0.25, 0.3) is 0 Å². The molecule has 24 heavy (non-hydrogen) atoms. The molecule has 1 aliphatic rings. The average Bonchev–Trinajstić information content (AvgIpc) is 3.23. The molecule has 3 aromatic rings. The highest BCUT2D eigenvalue weighted by molar-refractivity contribution is 7.89. The molecule has 4 heterocycles. The Morgan fingerprint density at radius 2 is 2.25 bits per heavy atom. The summed E-state index contributed by atoms with van der Waals surface area (Å²) in [6, 6.07) is 1.98. The predicted molar refractivity (Wildman–Crippen MR) is 92.2 cm³/mol. The maximum Gasteiger partial charge on any atom is 0.214 e. The van der Waals surface area contributed by atoms with E-state index in [0.717, 1.165) is 33.9 Å². The highest BCUT2D eigenvalue weighted by Crippen LogP contribution is 2.34. The lowest BCUT2D eigenvalue weighted by atomic mass is 9.98. The third-order valence-electron chi connectivity index (χ3n) is 4.63. The van der Waals surface area contributed by atoms with Crippen LogP contribution in [0.15, 0.2) is 24.7 Å². The van der Waals surface area contributed by atoms with Gasteiger partial charge in [0.2, 0.25) is 10.0 Å². The molecule has 0 saturated carbocycles. The third-order valence-corrected chi connectivity index (χ3v) is 6.67. The Hall–Kier alpha value is -2.06. The van der Waals surface area contributed by atoms with Crippen molar-refractivity contribution in [2.75, 3.05) is 18.8 Å². The van der Waals surface area contributed by atoms with Gasteiger partial charge in [-0.15, -0.1) is 0 Å². The monoisotopic (exact) mass is 345 g/mol. The Kier molecular flexibility index (Phi) is 3.73. The molecule has 1 aliphatic heterocycles. The lowest BCUT2D eigenvalue weighted by molar-refractivity contribution is 0.471. The lowest BCUT2D eigenvalue weighted by Crippen LogP contribution is -2.30. The van der Waals surface area contributed by atoms with Gasteiger partial charge in [0, 0.05) is 47.6 Å². The van der Waals surface area contributed by atoms with Crippen LogP contribution in [0.5, 0.6) is 0 Å². The van der Waals surface area contributed by atoms with Crippen molar-refractivity contribution in [3.8, 4) is 0 Å². The van der Waals surface area contributed by atoms with E-state index < -0.39 is 10.0 Å². The highest BCUT2D eigenvalue weighted by atomic mass is 32.2. The summed E-state index contributed by atoms with van der Waals surface area (Å²) in [5, 5.41) is 11.4. The fraction of sp³-hybridized carbons (Fsp3) is 0.438. The first-order valence-corrected chi connectivity index (χ1v) is 9.76. The molecule has 3 aromatic heterocycles. The smallest absolute Gasteiger partial charge is 0.214 e. The van der Waals surface area contributed by atoms with Gasteiger partial charge < -0.3 is 4.98 Å². The van der Waals surface area contributed by atoms with Crippen molar-refractivity contribution in [2.24, 2.45) is 0 Å². The molecule has 1 fully saturated rings. The van der Waals surface area contributed by atoms with Gasteiger partial charge in [-0.3, -0.25) is 0 Å². The van der Waals surface area contributed by atoms with Gasteiger partial charge in [-0.1, -0.05) is 6.92 Å². The van der Waals surface area contributed by atoms with Gasteiger partial charge in [0.05, 0.1) is 17.6 Å². The summed E-state index contributed by atoms with van der Waals surface area (Å²) < 4.78 is 26.2. The van der Waals surface area contributed by atoms with E-state index in [1.54, 1.807) is 16.7 Å². The number of sulfonamides is 1. The number of aromatic amines is 1. The number of rotatable bonds is 4. The SMILES string of the molecule is CCCS(=O)(=O)N1CCC(c2nncc3cnc4[nH]ccc4c23)C1. The molecule has 4 rings (SSSR count). The second kappa shape index (κ2) is 5.78. The quantitative estimate of drug-likeness (QED) is 0.781. The number of fused-ring (bicyclic) bond motifs is 3. The zero-order valence-electron chi connectivity index (χ0n) is 13.4. The van der Waals surface area contributed by atoms with Crippen molar-refractivity contribution < 1.29 is 8.42 Å². The van der Waals surface area contributed by atoms with E-state index in [1.165, 1.54) is 0 Å². The number of hydrogen-bond donors (Lipinski definition) is 1. The van der Waals surface area contributed by atoms with E-state index >= 15 is 0 Å². The first-order valence-electron chi connectivity index (χ1n) is 8.15. The molecule has 7 nitrogen and oxygen atoms in total. The topological polar surface area (TPSA) is 91.8 Å². The number of pyridine rings is 1. The van der Waals surface area contributed by atoms with Gasteiger partial charge in [-0.2, -0.15) is 10.2 Å². The average molecular weight is 345 g/mol. The zero-order chi connectivity index (χ0) is 16.7. The third kappa shape index (κ3) is 2.46. The van der Waals surface area contributed by atoms with Crippen molar-refractivity contribution >= 4 is 31.8 Å². The van der Waals surface area contributed by atoms with E-state index in [4.69, 9.17) is 0 Å². The molecule has 1 atom stereocenters. The highest BCUT2D eigenvalue weighted by Gasteiger charge is 2.33. The van der Waals surface area contributed by atoms with Crippen molar-refractivity contribution in [1.29, 1.82) is 0 Å². The summed E-state index contributed by atoms with van der Waals surface area (Å²) in [5.41, 5.74) is 1.68. The van der Waals surface area contributed by atoms with Crippen molar-refractivity contribution in [3.05, 3.63) is 30.4 Å². The van der Waals surface area contributed by atoms with Gasteiger partial charge in [0.1, 0.15) is 5.65 Å². The van der Waals surface area contributed by atoms with Crippen LogP contribution < -0.4 is 0 Å². The fourth-order valence-electron chi connectivity index (χ4n) is 3.49. The minimum atomic E-state index is -3.17. The molecule has 0 amide bonds. The van der Waals surface area contributed by atoms with Crippen molar-refractivity contribution in [1.82, 2.24) is 24.5 Å². The van der Waals surface area contributed by atoms with E-state index in [9.17, 15) is 8.42 Å². The van der Waals surface area contributed by atoms with Gasteiger partial charge in [-0.25, -0.2) is 17.7 Å². The fourth-order valence-corrected chi connectivity index (χ4v) is 5.05. The number of H-pyrrole nitrogens is 1. The van der Waals surface area contributed by atoms with Crippen LogP contribution in [0.3, 0.4) is 0 Å². The molecule has 0 aliphatic carbocycles. The first kappa shape index (κ1) is 15.5. The summed E-state index contributed by atoms with van der Waals surface area (Å²) in [6.07, 6.45) is 6.75. The normalized spacial score (nSPS) is 19.5. The second-order valence-corrected chi connectivity index (χ2v) is 8.31. The second-order valence-electron chi connectivity index (χ2n) is 6.22. The standard InChI is InChI=1S/C16H19N5O2S/c1-2-7-24(22,23)21-6-4-11(10-21)15-14-12(9-19-20-15)8-18-16-13(14)3-5-17-16/h3,5,8-9,11H,2,4,6-7,10H2,1H3,(H,17,18). The van der Waals surface area contributed by atoms with Crippen molar-refractivity contribution in [2.45, 2.75) is 25.7 Å². The zero-order valence-corrected chi connectivity index (χ0v) is 14.3. The molecule has 126 valence electrons. The van der Waals surface area contributed by atoms with Crippen LogP contribution in [-0.2, 0) is 10.0 Å². The van der Waals surface area contributed by atoms with Crippen LogP contribution >= 0.6 is 0 Å². The molecular formula is C16H19N5O2S. The van der Waals surface area contributed by atoms with Crippen LogP contribution in [0.4, 0.5) is 0 Å². The van der Waals surface area contributed by atoms with E-state index in [1.807, 2.05) is 19.2 Å². The number of aromatic nitrogens is 4. The summed E-state index contributed by atoms with van der Waals surface area (Å²) in [7, 11) is -3.17. The Balaban J connectivity index is 1.77. The predicted octanol–water partition coefficient (Wildman–Crippen LogP) is 2.04. The number of nitrogens with zero attached hydrogens (tertiary/aromatic N) is 4. The van der Waals surface area contributed by atoms with Gasteiger partial charge >= 0.3 is 0 Å². The Labute approximate surface area is 140 Å². The molecule has 1 saturated heterocycles. The van der Waals surface area contributed by atoms with Crippen LogP contribution in [0.2, 0.25) is 0 Å². The van der Waals surface area contributed by atoms with Crippen LogP contribution in [0, 0.1) is 0 Å². The first-order chi connectivity index (χ1) is 11.6. The van der Waals surface area contributed by atoms with E-state index in [-0.39, 0.29) is 11.7 Å². The van der Waals surface area contributed by atoms with E-state index in [2.05, 4.69) is 20.2 Å². The summed E-state index contributed by atoms with van der Waals surface area (Å²) in [6.45, 7) is 2.91. The van der Waals surface area contributed by atoms with Crippen molar-refractivity contribution in [3.63, 3.8) is 0 Å².